The lowest BCUT2D eigenvalue weighted by molar-refractivity contribution is -0.165. The van der Waals surface area contributed by atoms with Gasteiger partial charge in [-0.15, -0.1) is 0 Å². The minimum atomic E-state index is -1.06. The minimum absolute atomic E-state index is 0.0453. The van der Waals surface area contributed by atoms with E-state index in [0.717, 1.165) is 16.7 Å². The summed E-state index contributed by atoms with van der Waals surface area (Å²) in [6.07, 6.45) is 4.41. The van der Waals surface area contributed by atoms with Crippen LogP contribution >= 0.6 is 0 Å². The number of nitrogens with one attached hydrogen (secondary N) is 1. The number of aromatic nitrogens is 1. The molecule has 28 heavy (non-hydrogen) atoms. The van der Waals surface area contributed by atoms with Crippen LogP contribution in [0.25, 0.3) is 11.1 Å². The van der Waals surface area contributed by atoms with Gasteiger partial charge >= 0.3 is 0 Å². The van der Waals surface area contributed by atoms with Crippen molar-refractivity contribution in [3.63, 3.8) is 0 Å². The molecule has 0 saturated carbocycles. The van der Waals surface area contributed by atoms with Crippen LogP contribution in [-0.4, -0.2) is 53.5 Å². The van der Waals surface area contributed by atoms with Crippen LogP contribution in [0.2, 0.25) is 0 Å². The van der Waals surface area contributed by atoms with Gasteiger partial charge in [0.2, 0.25) is 5.91 Å². The van der Waals surface area contributed by atoms with Crippen molar-refractivity contribution >= 4 is 11.8 Å². The van der Waals surface area contributed by atoms with Gasteiger partial charge in [0.05, 0.1) is 13.2 Å². The molecule has 0 radical (unpaired) electrons. The van der Waals surface area contributed by atoms with Crippen LogP contribution in [0.5, 0.6) is 0 Å². The monoisotopic (exact) mass is 381 g/mol. The van der Waals surface area contributed by atoms with Crippen molar-refractivity contribution in [1.29, 1.82) is 0 Å². The molecule has 1 aromatic carbocycles. The lowest BCUT2D eigenvalue weighted by Crippen LogP contribution is -2.62. The fourth-order valence-corrected chi connectivity index (χ4v) is 3.55. The van der Waals surface area contributed by atoms with Gasteiger partial charge < -0.3 is 15.0 Å². The maximum atomic E-state index is 12.9. The Bertz CT molecular complexity index is 808. The Hall–Kier alpha value is -2.73. The number of carbonyl (C=O) groups excluding carboxylic acids is 2. The van der Waals surface area contributed by atoms with E-state index in [9.17, 15) is 9.59 Å². The first-order chi connectivity index (χ1) is 13.6. The van der Waals surface area contributed by atoms with E-state index in [1.54, 1.807) is 11.1 Å². The summed E-state index contributed by atoms with van der Waals surface area (Å²) >= 11 is 0. The molecular formula is C22H27N3O3. The highest BCUT2D eigenvalue weighted by molar-refractivity contribution is 5.87. The molecule has 1 aliphatic rings. The minimum Gasteiger partial charge on any atom is -0.361 e. The number of pyridine rings is 1. The standard InChI is InChI=1S/C22H27N3O3/c1-3-20(26)25-12-13-28-22(16-25,21(27)24-4-2)14-17-7-9-18(10-8-17)19-6-5-11-23-15-19/h5-11,15H,3-4,12-14,16H2,1-2H3,(H,24,27)/t22-/m1/s1. The summed E-state index contributed by atoms with van der Waals surface area (Å²) in [5.74, 6) is -0.121. The Morgan fingerprint density at radius 2 is 1.96 bits per heavy atom. The van der Waals surface area contributed by atoms with Crippen molar-refractivity contribution in [2.75, 3.05) is 26.2 Å². The highest BCUT2D eigenvalue weighted by atomic mass is 16.5. The van der Waals surface area contributed by atoms with Crippen LogP contribution in [0.3, 0.4) is 0 Å². The van der Waals surface area contributed by atoms with Gasteiger partial charge in [-0.05, 0) is 29.7 Å². The van der Waals surface area contributed by atoms with E-state index in [2.05, 4.69) is 10.3 Å². The number of hydrogen-bond donors (Lipinski definition) is 1. The molecule has 0 unspecified atom stereocenters. The van der Waals surface area contributed by atoms with Crippen molar-refractivity contribution in [2.45, 2.75) is 32.3 Å². The molecule has 6 heteroatoms. The maximum Gasteiger partial charge on any atom is 0.254 e. The fraction of sp³-hybridized carbons (Fsp3) is 0.409. The Morgan fingerprint density at radius 3 is 2.61 bits per heavy atom. The lowest BCUT2D eigenvalue weighted by atomic mass is 9.90. The van der Waals surface area contributed by atoms with Gasteiger partial charge in [0.15, 0.2) is 5.60 Å². The second-order valence-electron chi connectivity index (χ2n) is 6.99. The summed E-state index contributed by atoms with van der Waals surface area (Å²) < 4.78 is 6.01. The van der Waals surface area contributed by atoms with Crippen molar-refractivity contribution in [1.82, 2.24) is 15.2 Å². The Balaban J connectivity index is 1.83. The predicted molar refractivity (Wildman–Crippen MR) is 108 cm³/mol. The van der Waals surface area contributed by atoms with Crippen molar-refractivity contribution < 1.29 is 14.3 Å². The highest BCUT2D eigenvalue weighted by Crippen LogP contribution is 2.26. The molecule has 1 aliphatic heterocycles. The van der Waals surface area contributed by atoms with Crippen LogP contribution in [0.1, 0.15) is 25.8 Å². The molecule has 2 aromatic rings. The van der Waals surface area contributed by atoms with E-state index in [-0.39, 0.29) is 18.4 Å². The first-order valence-corrected chi connectivity index (χ1v) is 9.77. The zero-order valence-electron chi connectivity index (χ0n) is 16.5. The number of amides is 2. The lowest BCUT2D eigenvalue weighted by Gasteiger charge is -2.41. The van der Waals surface area contributed by atoms with Gasteiger partial charge in [0.25, 0.3) is 5.91 Å². The van der Waals surface area contributed by atoms with Crippen molar-refractivity contribution in [3.05, 3.63) is 54.4 Å². The Labute approximate surface area is 165 Å². The molecule has 0 bridgehead atoms. The largest absolute Gasteiger partial charge is 0.361 e. The normalized spacial score (nSPS) is 19.3. The van der Waals surface area contributed by atoms with E-state index >= 15 is 0 Å². The fourth-order valence-electron chi connectivity index (χ4n) is 3.55. The number of rotatable bonds is 6. The number of morpholine rings is 1. The molecular weight excluding hydrogens is 354 g/mol. The summed E-state index contributed by atoms with van der Waals surface area (Å²) in [7, 11) is 0. The van der Waals surface area contributed by atoms with Gasteiger partial charge in [-0.2, -0.15) is 0 Å². The first-order valence-electron chi connectivity index (χ1n) is 9.77. The molecule has 1 atom stereocenters. The summed E-state index contributed by atoms with van der Waals surface area (Å²) in [5.41, 5.74) is 2.04. The molecule has 1 saturated heterocycles. The molecule has 0 aliphatic carbocycles. The third-order valence-corrected chi connectivity index (χ3v) is 5.03. The molecule has 0 spiro atoms. The van der Waals surface area contributed by atoms with E-state index < -0.39 is 5.60 Å². The van der Waals surface area contributed by atoms with Crippen LogP contribution in [0, 0.1) is 0 Å². The number of hydrogen-bond acceptors (Lipinski definition) is 4. The average molecular weight is 381 g/mol. The molecule has 2 amide bonds. The summed E-state index contributed by atoms with van der Waals surface area (Å²) in [6.45, 7) is 5.39. The first kappa shape index (κ1) is 20.0. The summed E-state index contributed by atoms with van der Waals surface area (Å²) in [6, 6.07) is 12.0. The number of likely N-dealkylation sites (N-methyl/N-ethyl adjacent to an activating group) is 1. The summed E-state index contributed by atoms with van der Waals surface area (Å²) in [5, 5.41) is 2.88. The summed E-state index contributed by atoms with van der Waals surface area (Å²) in [4.78, 5) is 31.0. The number of ether oxygens (including phenoxy) is 1. The number of nitrogens with zero attached hydrogens (tertiary/aromatic N) is 2. The van der Waals surface area contributed by atoms with Gasteiger partial charge in [-0.3, -0.25) is 14.6 Å². The van der Waals surface area contributed by atoms with Crippen molar-refractivity contribution in [3.8, 4) is 11.1 Å². The second-order valence-corrected chi connectivity index (χ2v) is 6.99. The number of benzene rings is 1. The van der Waals surface area contributed by atoms with E-state index in [0.29, 0.717) is 32.5 Å². The third kappa shape index (κ3) is 4.39. The number of carbonyl (C=O) groups is 2. The van der Waals surface area contributed by atoms with Gasteiger partial charge in [-0.1, -0.05) is 37.3 Å². The average Bonchev–Trinajstić information content (AvgIpc) is 2.74. The highest BCUT2D eigenvalue weighted by Gasteiger charge is 2.44. The smallest absolute Gasteiger partial charge is 0.254 e. The zero-order valence-corrected chi connectivity index (χ0v) is 16.5. The molecule has 1 N–H and O–H groups in total. The van der Waals surface area contributed by atoms with Gasteiger partial charge in [0.1, 0.15) is 0 Å². The Morgan fingerprint density at radius 1 is 1.18 bits per heavy atom. The van der Waals surface area contributed by atoms with Crippen LogP contribution in [-0.2, 0) is 20.7 Å². The maximum absolute atomic E-state index is 12.9. The van der Waals surface area contributed by atoms with E-state index in [1.807, 2.05) is 56.4 Å². The quantitative estimate of drug-likeness (QED) is 0.834. The van der Waals surface area contributed by atoms with Gasteiger partial charge in [0, 0.05) is 38.3 Å². The van der Waals surface area contributed by atoms with Crippen LogP contribution in [0.4, 0.5) is 0 Å². The molecule has 3 rings (SSSR count). The van der Waals surface area contributed by atoms with Gasteiger partial charge in [-0.25, -0.2) is 0 Å². The SMILES string of the molecule is CCNC(=O)[C@@]1(Cc2ccc(-c3cccnc3)cc2)CN(C(=O)CC)CCO1. The van der Waals surface area contributed by atoms with E-state index in [1.165, 1.54) is 0 Å². The third-order valence-electron chi connectivity index (χ3n) is 5.03. The second kappa shape index (κ2) is 8.97. The molecule has 6 nitrogen and oxygen atoms in total. The van der Waals surface area contributed by atoms with E-state index in [4.69, 9.17) is 4.74 Å². The topological polar surface area (TPSA) is 71.5 Å². The van der Waals surface area contributed by atoms with Crippen molar-refractivity contribution in [2.24, 2.45) is 0 Å². The molecule has 1 fully saturated rings. The van der Waals surface area contributed by atoms with Crippen LogP contribution < -0.4 is 5.32 Å². The molecule has 1 aromatic heterocycles. The molecule has 2 heterocycles. The predicted octanol–water partition coefficient (Wildman–Crippen LogP) is 2.43. The zero-order chi connectivity index (χ0) is 20.0. The van der Waals surface area contributed by atoms with Crippen LogP contribution in [0.15, 0.2) is 48.8 Å². The molecule has 148 valence electrons. The Kier molecular flexibility index (Phi) is 6.41.